The summed E-state index contributed by atoms with van der Waals surface area (Å²) >= 11 is 0. The second-order valence-electron chi connectivity index (χ2n) is 4.89. The third-order valence-electron chi connectivity index (χ3n) is 3.35. The lowest BCUT2D eigenvalue weighted by atomic mass is 10.0. The SMILES string of the molecule is Cc1ccc(-c2ccc(-n3cc(C(=O)O)cn3)cc2)cc1. The van der Waals surface area contributed by atoms with Crippen LogP contribution in [0.3, 0.4) is 0 Å². The van der Waals surface area contributed by atoms with Gasteiger partial charge < -0.3 is 5.11 Å². The van der Waals surface area contributed by atoms with Gasteiger partial charge in [-0.25, -0.2) is 9.48 Å². The number of aryl methyl sites for hydroxylation is 1. The first-order valence-corrected chi connectivity index (χ1v) is 6.59. The van der Waals surface area contributed by atoms with E-state index in [2.05, 4.69) is 36.3 Å². The van der Waals surface area contributed by atoms with Crippen molar-refractivity contribution in [2.75, 3.05) is 0 Å². The number of benzene rings is 2. The van der Waals surface area contributed by atoms with Crippen molar-refractivity contribution in [1.82, 2.24) is 9.78 Å². The summed E-state index contributed by atoms with van der Waals surface area (Å²) < 4.78 is 1.56. The van der Waals surface area contributed by atoms with E-state index in [1.165, 1.54) is 18.0 Å². The Balaban J connectivity index is 1.89. The average molecular weight is 278 g/mol. The van der Waals surface area contributed by atoms with Gasteiger partial charge in [-0.05, 0) is 30.2 Å². The van der Waals surface area contributed by atoms with Crippen molar-refractivity contribution >= 4 is 5.97 Å². The number of aromatic nitrogens is 2. The number of carboxylic acids is 1. The van der Waals surface area contributed by atoms with Crippen molar-refractivity contribution in [3.05, 3.63) is 72.1 Å². The predicted octanol–water partition coefficient (Wildman–Crippen LogP) is 3.55. The normalized spacial score (nSPS) is 10.5. The van der Waals surface area contributed by atoms with E-state index in [0.29, 0.717) is 0 Å². The zero-order chi connectivity index (χ0) is 14.8. The maximum absolute atomic E-state index is 10.9. The molecule has 3 aromatic rings. The molecule has 0 fully saturated rings. The van der Waals surface area contributed by atoms with Crippen molar-refractivity contribution in [3.63, 3.8) is 0 Å². The lowest BCUT2D eigenvalue weighted by Crippen LogP contribution is -1.95. The summed E-state index contributed by atoms with van der Waals surface area (Å²) in [6.45, 7) is 2.06. The van der Waals surface area contributed by atoms with Crippen LogP contribution in [0.25, 0.3) is 16.8 Å². The molecule has 104 valence electrons. The van der Waals surface area contributed by atoms with Crippen molar-refractivity contribution < 1.29 is 9.90 Å². The van der Waals surface area contributed by atoms with Gasteiger partial charge in [0.1, 0.15) is 0 Å². The summed E-state index contributed by atoms with van der Waals surface area (Å²) in [6, 6.07) is 16.2. The molecule has 0 atom stereocenters. The zero-order valence-electron chi connectivity index (χ0n) is 11.5. The number of rotatable bonds is 3. The summed E-state index contributed by atoms with van der Waals surface area (Å²) in [5.41, 5.74) is 4.51. The van der Waals surface area contributed by atoms with Gasteiger partial charge in [0, 0.05) is 6.20 Å². The van der Waals surface area contributed by atoms with Crippen LogP contribution < -0.4 is 0 Å². The van der Waals surface area contributed by atoms with Crippen LogP contribution in [-0.2, 0) is 0 Å². The molecule has 0 aliphatic carbocycles. The van der Waals surface area contributed by atoms with E-state index in [1.807, 2.05) is 24.3 Å². The topological polar surface area (TPSA) is 55.1 Å². The average Bonchev–Trinajstić information content (AvgIpc) is 2.98. The smallest absolute Gasteiger partial charge is 0.338 e. The molecule has 2 aromatic carbocycles. The van der Waals surface area contributed by atoms with Crippen molar-refractivity contribution in [3.8, 4) is 16.8 Å². The molecule has 3 rings (SSSR count). The lowest BCUT2D eigenvalue weighted by molar-refractivity contribution is 0.0697. The molecule has 0 amide bonds. The Labute approximate surface area is 122 Å². The predicted molar refractivity (Wildman–Crippen MR) is 80.7 cm³/mol. The molecule has 21 heavy (non-hydrogen) atoms. The van der Waals surface area contributed by atoms with E-state index in [-0.39, 0.29) is 5.56 Å². The molecule has 0 bridgehead atoms. The summed E-state index contributed by atoms with van der Waals surface area (Å²) in [7, 11) is 0. The Bertz CT molecular complexity index is 771. The monoisotopic (exact) mass is 278 g/mol. The molecule has 0 aliphatic rings. The summed E-state index contributed by atoms with van der Waals surface area (Å²) in [4.78, 5) is 10.9. The number of hydrogen-bond acceptors (Lipinski definition) is 2. The van der Waals surface area contributed by atoms with E-state index >= 15 is 0 Å². The molecule has 4 heteroatoms. The van der Waals surface area contributed by atoms with Crippen LogP contribution in [0.15, 0.2) is 60.9 Å². The van der Waals surface area contributed by atoms with Gasteiger partial charge in [-0.15, -0.1) is 0 Å². The molecule has 4 nitrogen and oxygen atoms in total. The first kappa shape index (κ1) is 13.1. The van der Waals surface area contributed by atoms with Gasteiger partial charge in [-0.1, -0.05) is 42.0 Å². The maximum atomic E-state index is 10.9. The fraction of sp³-hybridized carbons (Fsp3) is 0.0588. The van der Waals surface area contributed by atoms with Crippen LogP contribution in [0.5, 0.6) is 0 Å². The zero-order valence-corrected chi connectivity index (χ0v) is 11.5. The third-order valence-corrected chi connectivity index (χ3v) is 3.35. The van der Waals surface area contributed by atoms with Crippen LogP contribution in [0, 0.1) is 6.92 Å². The Morgan fingerprint density at radius 2 is 1.57 bits per heavy atom. The van der Waals surface area contributed by atoms with E-state index in [4.69, 9.17) is 5.11 Å². The molecule has 1 N–H and O–H groups in total. The molecule has 0 unspecified atom stereocenters. The molecule has 0 aliphatic heterocycles. The minimum absolute atomic E-state index is 0.178. The van der Waals surface area contributed by atoms with Gasteiger partial charge in [0.2, 0.25) is 0 Å². The Morgan fingerprint density at radius 1 is 1.00 bits per heavy atom. The van der Waals surface area contributed by atoms with Gasteiger partial charge in [0.05, 0.1) is 17.4 Å². The lowest BCUT2D eigenvalue weighted by Gasteiger charge is -2.05. The standard InChI is InChI=1S/C17H14N2O2/c1-12-2-4-13(5-3-12)14-6-8-16(9-7-14)19-11-15(10-18-19)17(20)21/h2-11H,1H3,(H,20,21). The van der Waals surface area contributed by atoms with Crippen LogP contribution >= 0.6 is 0 Å². The van der Waals surface area contributed by atoms with Crippen molar-refractivity contribution in [2.45, 2.75) is 6.92 Å². The highest BCUT2D eigenvalue weighted by Crippen LogP contribution is 2.21. The molecule has 1 heterocycles. The van der Waals surface area contributed by atoms with E-state index in [0.717, 1.165) is 16.8 Å². The fourth-order valence-corrected chi connectivity index (χ4v) is 2.13. The molecule has 0 spiro atoms. The number of hydrogen-bond donors (Lipinski definition) is 1. The second kappa shape index (κ2) is 5.25. The largest absolute Gasteiger partial charge is 0.478 e. The number of carbonyl (C=O) groups is 1. The number of carboxylic acid groups (broad SMARTS) is 1. The molecular formula is C17H14N2O2. The summed E-state index contributed by atoms with van der Waals surface area (Å²) in [5, 5.41) is 13.0. The fourth-order valence-electron chi connectivity index (χ4n) is 2.13. The number of nitrogens with zero attached hydrogens (tertiary/aromatic N) is 2. The van der Waals surface area contributed by atoms with E-state index in [9.17, 15) is 4.79 Å². The van der Waals surface area contributed by atoms with Gasteiger partial charge >= 0.3 is 5.97 Å². The first-order valence-electron chi connectivity index (χ1n) is 6.59. The first-order chi connectivity index (χ1) is 10.1. The quantitative estimate of drug-likeness (QED) is 0.797. The highest BCUT2D eigenvalue weighted by atomic mass is 16.4. The second-order valence-corrected chi connectivity index (χ2v) is 4.89. The third kappa shape index (κ3) is 2.69. The van der Waals surface area contributed by atoms with Crippen molar-refractivity contribution in [1.29, 1.82) is 0 Å². The highest BCUT2D eigenvalue weighted by Gasteiger charge is 2.07. The summed E-state index contributed by atoms with van der Waals surface area (Å²) in [6.07, 6.45) is 2.85. The molecular weight excluding hydrogens is 264 g/mol. The van der Waals surface area contributed by atoms with Crippen LogP contribution in [0.1, 0.15) is 15.9 Å². The van der Waals surface area contributed by atoms with Gasteiger partial charge in [0.15, 0.2) is 0 Å². The van der Waals surface area contributed by atoms with Crippen LogP contribution in [0.2, 0.25) is 0 Å². The summed E-state index contributed by atoms with van der Waals surface area (Å²) in [5.74, 6) is -0.975. The highest BCUT2D eigenvalue weighted by molar-refractivity contribution is 5.87. The van der Waals surface area contributed by atoms with E-state index in [1.54, 1.807) is 4.68 Å². The Hall–Kier alpha value is -2.88. The molecule has 0 saturated heterocycles. The van der Waals surface area contributed by atoms with E-state index < -0.39 is 5.97 Å². The van der Waals surface area contributed by atoms with Crippen LogP contribution in [-0.4, -0.2) is 20.9 Å². The molecule has 0 saturated carbocycles. The van der Waals surface area contributed by atoms with Crippen LogP contribution in [0.4, 0.5) is 0 Å². The minimum atomic E-state index is -0.975. The van der Waals surface area contributed by atoms with Crippen molar-refractivity contribution in [2.24, 2.45) is 0 Å². The molecule has 1 aromatic heterocycles. The van der Waals surface area contributed by atoms with Gasteiger partial charge in [-0.2, -0.15) is 5.10 Å². The minimum Gasteiger partial charge on any atom is -0.478 e. The Kier molecular flexibility index (Phi) is 3.28. The van der Waals surface area contributed by atoms with Gasteiger partial charge in [-0.3, -0.25) is 0 Å². The maximum Gasteiger partial charge on any atom is 0.338 e. The molecule has 0 radical (unpaired) electrons. The number of aromatic carboxylic acids is 1. The van der Waals surface area contributed by atoms with Gasteiger partial charge in [0.25, 0.3) is 0 Å². The Morgan fingerprint density at radius 3 is 2.10 bits per heavy atom.